The SMILES string of the molecule is CCN(CCCNC(=NC)NC(C)CCS(C)(=O)=O)S(C)(=O)=O. The van der Waals surface area contributed by atoms with Crippen molar-refractivity contribution in [3.05, 3.63) is 0 Å². The number of guanidine groups is 1. The monoisotopic (exact) mass is 370 g/mol. The summed E-state index contributed by atoms with van der Waals surface area (Å²) >= 11 is 0. The maximum absolute atomic E-state index is 11.5. The highest BCUT2D eigenvalue weighted by Gasteiger charge is 2.13. The second kappa shape index (κ2) is 10.1. The molecular formula is C13H30N4O4S2. The minimum absolute atomic E-state index is 0.0286. The molecule has 0 rings (SSSR count). The van der Waals surface area contributed by atoms with Crippen LogP contribution in [0.5, 0.6) is 0 Å². The molecule has 0 spiro atoms. The van der Waals surface area contributed by atoms with E-state index in [0.29, 0.717) is 38.4 Å². The number of hydrogen-bond acceptors (Lipinski definition) is 5. The van der Waals surface area contributed by atoms with Gasteiger partial charge in [0.05, 0.1) is 12.0 Å². The normalized spacial score (nSPS) is 14.8. The predicted octanol–water partition coefficient (Wildman–Crippen LogP) is -0.354. The summed E-state index contributed by atoms with van der Waals surface area (Å²) < 4.78 is 46.6. The Morgan fingerprint density at radius 3 is 2.26 bits per heavy atom. The van der Waals surface area contributed by atoms with Gasteiger partial charge in [0.2, 0.25) is 10.0 Å². The topological polar surface area (TPSA) is 108 Å². The Bertz CT molecular complexity index is 573. The summed E-state index contributed by atoms with van der Waals surface area (Å²) in [6.45, 7) is 5.17. The zero-order chi connectivity index (χ0) is 18.1. The summed E-state index contributed by atoms with van der Waals surface area (Å²) in [6.07, 6.45) is 3.57. The van der Waals surface area contributed by atoms with Gasteiger partial charge in [-0.2, -0.15) is 0 Å². The van der Waals surface area contributed by atoms with Gasteiger partial charge in [-0.25, -0.2) is 21.1 Å². The van der Waals surface area contributed by atoms with Crippen molar-refractivity contribution in [3.8, 4) is 0 Å². The summed E-state index contributed by atoms with van der Waals surface area (Å²) in [7, 11) is -4.50. The highest BCUT2D eigenvalue weighted by atomic mass is 32.2. The van der Waals surface area contributed by atoms with Crippen molar-refractivity contribution >= 4 is 25.8 Å². The molecule has 23 heavy (non-hydrogen) atoms. The first-order chi connectivity index (χ1) is 10.5. The lowest BCUT2D eigenvalue weighted by atomic mass is 10.3. The molecule has 8 nitrogen and oxygen atoms in total. The maximum atomic E-state index is 11.5. The molecule has 1 atom stereocenters. The largest absolute Gasteiger partial charge is 0.356 e. The summed E-state index contributed by atoms with van der Waals surface area (Å²) in [4.78, 5) is 4.07. The molecule has 0 aromatic carbocycles. The molecule has 0 heterocycles. The van der Waals surface area contributed by atoms with Gasteiger partial charge in [-0.1, -0.05) is 6.92 Å². The molecule has 0 amide bonds. The molecule has 0 bridgehead atoms. The van der Waals surface area contributed by atoms with Crippen LogP contribution in [0.2, 0.25) is 0 Å². The maximum Gasteiger partial charge on any atom is 0.211 e. The molecule has 0 aromatic rings. The molecule has 0 saturated heterocycles. The standard InChI is InChI=1S/C13H30N4O4S2/c1-6-17(23(5,20)21)10-7-9-15-13(14-3)16-12(2)8-11-22(4,18)19/h12H,6-11H2,1-5H3,(H2,14,15,16). The Kier molecular flexibility index (Phi) is 9.71. The van der Waals surface area contributed by atoms with Crippen molar-refractivity contribution in [3.63, 3.8) is 0 Å². The lowest BCUT2D eigenvalue weighted by Crippen LogP contribution is -2.43. The number of nitrogens with one attached hydrogen (secondary N) is 2. The Morgan fingerprint density at radius 2 is 1.83 bits per heavy atom. The average Bonchev–Trinajstić information content (AvgIpc) is 2.41. The van der Waals surface area contributed by atoms with Crippen molar-refractivity contribution < 1.29 is 16.8 Å². The van der Waals surface area contributed by atoms with Crippen LogP contribution in [0, 0.1) is 0 Å². The quantitative estimate of drug-likeness (QED) is 0.309. The summed E-state index contributed by atoms with van der Waals surface area (Å²) in [5, 5.41) is 6.21. The highest BCUT2D eigenvalue weighted by molar-refractivity contribution is 7.90. The second-order valence-electron chi connectivity index (χ2n) is 5.57. The van der Waals surface area contributed by atoms with Gasteiger partial charge in [-0.05, 0) is 19.8 Å². The molecule has 1 unspecified atom stereocenters. The van der Waals surface area contributed by atoms with E-state index in [1.165, 1.54) is 16.8 Å². The van der Waals surface area contributed by atoms with Crippen LogP contribution in [0.25, 0.3) is 0 Å². The number of sulfonamides is 1. The van der Waals surface area contributed by atoms with Crippen molar-refractivity contribution in [1.82, 2.24) is 14.9 Å². The van der Waals surface area contributed by atoms with E-state index in [9.17, 15) is 16.8 Å². The van der Waals surface area contributed by atoms with E-state index < -0.39 is 19.9 Å². The lowest BCUT2D eigenvalue weighted by molar-refractivity contribution is 0.424. The van der Waals surface area contributed by atoms with Gasteiger partial charge in [0.1, 0.15) is 9.84 Å². The molecule has 0 fully saturated rings. The van der Waals surface area contributed by atoms with E-state index in [0.717, 1.165) is 0 Å². The molecule has 2 N–H and O–H groups in total. The third kappa shape index (κ3) is 11.3. The van der Waals surface area contributed by atoms with E-state index >= 15 is 0 Å². The minimum Gasteiger partial charge on any atom is -0.356 e. The first kappa shape index (κ1) is 22.1. The zero-order valence-corrected chi connectivity index (χ0v) is 16.3. The molecule has 0 saturated carbocycles. The van der Waals surface area contributed by atoms with Gasteiger partial charge in [-0.15, -0.1) is 0 Å². The first-order valence-electron chi connectivity index (χ1n) is 7.59. The fraction of sp³-hybridized carbons (Fsp3) is 0.923. The van der Waals surface area contributed by atoms with Crippen LogP contribution in [0.3, 0.4) is 0 Å². The number of sulfone groups is 1. The van der Waals surface area contributed by atoms with Gasteiger partial charge in [0.25, 0.3) is 0 Å². The number of rotatable bonds is 10. The Labute approximate surface area is 140 Å². The fourth-order valence-corrected chi connectivity index (χ4v) is 3.62. The van der Waals surface area contributed by atoms with Crippen LogP contribution in [0.4, 0.5) is 0 Å². The zero-order valence-electron chi connectivity index (χ0n) is 14.7. The molecule has 0 radical (unpaired) electrons. The van der Waals surface area contributed by atoms with E-state index in [2.05, 4.69) is 15.6 Å². The van der Waals surface area contributed by atoms with Gasteiger partial charge >= 0.3 is 0 Å². The summed E-state index contributed by atoms with van der Waals surface area (Å²) in [6, 6.07) is -0.0286. The van der Waals surface area contributed by atoms with Gasteiger partial charge < -0.3 is 10.6 Å². The van der Waals surface area contributed by atoms with Crippen molar-refractivity contribution in [2.24, 2.45) is 4.99 Å². The van der Waals surface area contributed by atoms with Crippen molar-refractivity contribution in [2.45, 2.75) is 32.7 Å². The van der Waals surface area contributed by atoms with Crippen LogP contribution in [-0.4, -0.2) is 78.1 Å². The van der Waals surface area contributed by atoms with Gasteiger partial charge in [0, 0.05) is 39.0 Å². The van der Waals surface area contributed by atoms with Gasteiger partial charge in [-0.3, -0.25) is 4.99 Å². The molecule has 138 valence electrons. The summed E-state index contributed by atoms with van der Waals surface area (Å²) in [5.74, 6) is 0.700. The molecule has 0 aliphatic carbocycles. The molecule has 0 aliphatic heterocycles. The molecule has 10 heteroatoms. The predicted molar refractivity (Wildman–Crippen MR) is 95.0 cm³/mol. The van der Waals surface area contributed by atoms with Crippen molar-refractivity contribution in [1.29, 1.82) is 0 Å². The van der Waals surface area contributed by atoms with Crippen molar-refractivity contribution in [2.75, 3.05) is 44.9 Å². The highest BCUT2D eigenvalue weighted by Crippen LogP contribution is 1.98. The molecule has 0 aromatic heterocycles. The fourth-order valence-electron chi connectivity index (χ4n) is 1.91. The Hall–Kier alpha value is -0.870. The van der Waals surface area contributed by atoms with Crippen LogP contribution in [0.1, 0.15) is 26.7 Å². The van der Waals surface area contributed by atoms with E-state index in [1.807, 2.05) is 6.92 Å². The van der Waals surface area contributed by atoms with Crippen LogP contribution in [0.15, 0.2) is 4.99 Å². The third-order valence-electron chi connectivity index (χ3n) is 3.23. The Balaban J connectivity index is 4.17. The minimum atomic E-state index is -3.16. The van der Waals surface area contributed by atoms with Crippen LogP contribution < -0.4 is 10.6 Å². The summed E-state index contributed by atoms with van der Waals surface area (Å²) in [5.41, 5.74) is 0. The average molecular weight is 371 g/mol. The third-order valence-corrected chi connectivity index (χ3v) is 5.58. The van der Waals surface area contributed by atoms with Gasteiger partial charge in [0.15, 0.2) is 5.96 Å². The smallest absolute Gasteiger partial charge is 0.211 e. The Morgan fingerprint density at radius 1 is 1.22 bits per heavy atom. The van der Waals surface area contributed by atoms with E-state index in [4.69, 9.17) is 0 Å². The lowest BCUT2D eigenvalue weighted by Gasteiger charge is -2.20. The number of hydrogen-bond donors (Lipinski definition) is 2. The van der Waals surface area contributed by atoms with E-state index in [-0.39, 0.29) is 11.8 Å². The first-order valence-corrected chi connectivity index (χ1v) is 11.5. The molecule has 0 aliphatic rings. The second-order valence-corrected chi connectivity index (χ2v) is 9.81. The van der Waals surface area contributed by atoms with Crippen LogP contribution >= 0.6 is 0 Å². The van der Waals surface area contributed by atoms with E-state index in [1.54, 1.807) is 14.0 Å². The van der Waals surface area contributed by atoms with Crippen LogP contribution in [-0.2, 0) is 19.9 Å². The number of nitrogens with zero attached hydrogens (tertiary/aromatic N) is 2. The number of aliphatic imine (C=N–C) groups is 1. The molecular weight excluding hydrogens is 340 g/mol.